The molecule has 9 heteroatoms. The standard InChI is InChI=1S/C26H27BrN4O3S/c1-4-16(3)17-6-9-20(10-7-17)33-12-13-34-22-11-8-19(27)14-18(22)15-21-24(28)31-26(29-25(21)32)35-23(5-2)30-31/h6-11,14-16,28H,4-5,12-13H2,1-3H3/b21-15+,28-24?/t16-/m1/s1. The number of amides is 1. The van der Waals surface area contributed by atoms with E-state index < -0.39 is 5.91 Å². The lowest BCUT2D eigenvalue weighted by Crippen LogP contribution is -2.35. The molecule has 2 aliphatic rings. The quantitative estimate of drug-likeness (QED) is 0.284. The largest absolute Gasteiger partial charge is 0.490 e. The van der Waals surface area contributed by atoms with Gasteiger partial charge >= 0.3 is 0 Å². The molecule has 4 rings (SSSR count). The van der Waals surface area contributed by atoms with E-state index in [1.807, 2.05) is 37.3 Å². The molecule has 0 bridgehead atoms. The first kappa shape index (κ1) is 25.2. The van der Waals surface area contributed by atoms with Gasteiger partial charge in [0.05, 0.1) is 5.57 Å². The van der Waals surface area contributed by atoms with Gasteiger partial charge in [-0.3, -0.25) is 10.2 Å². The van der Waals surface area contributed by atoms with Gasteiger partial charge in [0.25, 0.3) is 5.91 Å². The van der Waals surface area contributed by atoms with Crippen molar-refractivity contribution in [3.05, 3.63) is 63.6 Å². The second kappa shape index (κ2) is 11.2. The Balaban J connectivity index is 1.44. The number of aliphatic imine (C=N–C) groups is 1. The first-order valence-corrected chi connectivity index (χ1v) is 13.1. The fourth-order valence-corrected chi connectivity index (χ4v) is 4.74. The van der Waals surface area contributed by atoms with Crippen LogP contribution in [0.25, 0.3) is 6.08 Å². The van der Waals surface area contributed by atoms with E-state index in [9.17, 15) is 4.79 Å². The highest BCUT2D eigenvalue weighted by Gasteiger charge is 2.35. The molecule has 182 valence electrons. The van der Waals surface area contributed by atoms with Gasteiger partial charge in [0, 0.05) is 10.0 Å². The van der Waals surface area contributed by atoms with Crippen molar-refractivity contribution < 1.29 is 14.3 Å². The highest BCUT2D eigenvalue weighted by molar-refractivity contribution is 9.10. The Morgan fingerprint density at radius 3 is 2.60 bits per heavy atom. The van der Waals surface area contributed by atoms with Crippen molar-refractivity contribution in [3.63, 3.8) is 0 Å². The minimum absolute atomic E-state index is 0.00560. The fourth-order valence-electron chi connectivity index (χ4n) is 3.53. The number of rotatable bonds is 9. The number of nitrogens with zero attached hydrogens (tertiary/aromatic N) is 3. The third-order valence-electron chi connectivity index (χ3n) is 5.74. The molecule has 0 aromatic heterocycles. The minimum atomic E-state index is -0.462. The molecule has 0 fully saturated rings. The van der Waals surface area contributed by atoms with Crippen molar-refractivity contribution in [2.45, 2.75) is 39.5 Å². The lowest BCUT2D eigenvalue weighted by Gasteiger charge is -2.20. The molecular formula is C26H27BrN4O3S. The molecule has 1 N–H and O–H groups in total. The van der Waals surface area contributed by atoms with Crippen LogP contribution in [0.3, 0.4) is 0 Å². The van der Waals surface area contributed by atoms with E-state index in [4.69, 9.17) is 14.9 Å². The number of fused-ring (bicyclic) bond motifs is 1. The predicted octanol–water partition coefficient (Wildman–Crippen LogP) is 6.45. The summed E-state index contributed by atoms with van der Waals surface area (Å²) in [5.74, 6) is 1.45. The number of nitrogens with one attached hydrogen (secondary N) is 1. The number of hydrogen-bond donors (Lipinski definition) is 1. The summed E-state index contributed by atoms with van der Waals surface area (Å²) in [7, 11) is 0. The van der Waals surface area contributed by atoms with Crippen LogP contribution in [0.1, 0.15) is 50.7 Å². The Morgan fingerprint density at radius 2 is 1.89 bits per heavy atom. The summed E-state index contributed by atoms with van der Waals surface area (Å²) in [6.45, 7) is 7.06. The van der Waals surface area contributed by atoms with Crippen molar-refractivity contribution in [3.8, 4) is 11.5 Å². The normalized spacial score (nSPS) is 17.3. The summed E-state index contributed by atoms with van der Waals surface area (Å²) in [5.41, 5.74) is 2.12. The maximum atomic E-state index is 12.7. The molecule has 1 atom stereocenters. The number of halogens is 1. The Morgan fingerprint density at radius 1 is 1.14 bits per heavy atom. The molecule has 0 saturated carbocycles. The molecule has 0 saturated heterocycles. The number of hydrazone groups is 1. The van der Waals surface area contributed by atoms with Gasteiger partial charge in [0.2, 0.25) is 5.17 Å². The van der Waals surface area contributed by atoms with Crippen LogP contribution in [0.5, 0.6) is 11.5 Å². The van der Waals surface area contributed by atoms with E-state index in [2.05, 4.69) is 52.0 Å². The molecule has 0 unspecified atom stereocenters. The van der Waals surface area contributed by atoms with Crippen LogP contribution in [-0.4, -0.2) is 40.2 Å². The maximum absolute atomic E-state index is 12.7. The van der Waals surface area contributed by atoms with Crippen LogP contribution in [0, 0.1) is 5.41 Å². The van der Waals surface area contributed by atoms with E-state index in [-0.39, 0.29) is 11.4 Å². The van der Waals surface area contributed by atoms with Gasteiger partial charge < -0.3 is 9.47 Å². The van der Waals surface area contributed by atoms with Crippen LogP contribution in [0.15, 0.2) is 62.6 Å². The molecule has 0 radical (unpaired) electrons. The Hall–Kier alpha value is -2.91. The van der Waals surface area contributed by atoms with E-state index in [1.54, 1.807) is 6.08 Å². The highest BCUT2D eigenvalue weighted by atomic mass is 79.9. The summed E-state index contributed by atoms with van der Waals surface area (Å²) in [6, 6.07) is 13.7. The van der Waals surface area contributed by atoms with Crippen molar-refractivity contribution in [2.75, 3.05) is 13.2 Å². The number of carbonyl (C=O) groups is 1. The number of ether oxygens (including phenoxy) is 2. The molecule has 2 aliphatic heterocycles. The third-order valence-corrected chi connectivity index (χ3v) is 7.29. The van der Waals surface area contributed by atoms with E-state index in [0.29, 0.717) is 42.0 Å². The molecular weight excluding hydrogens is 528 g/mol. The Bertz CT molecular complexity index is 1220. The zero-order valence-electron chi connectivity index (χ0n) is 19.9. The molecule has 2 aromatic carbocycles. The number of benzene rings is 2. The molecule has 2 heterocycles. The van der Waals surface area contributed by atoms with Crippen molar-refractivity contribution in [2.24, 2.45) is 10.1 Å². The van der Waals surface area contributed by atoms with Crippen LogP contribution in [-0.2, 0) is 4.79 Å². The second-order valence-corrected chi connectivity index (χ2v) is 10.1. The Kier molecular flexibility index (Phi) is 8.07. The first-order chi connectivity index (χ1) is 16.9. The highest BCUT2D eigenvalue weighted by Crippen LogP contribution is 2.31. The van der Waals surface area contributed by atoms with Crippen LogP contribution in [0.2, 0.25) is 0 Å². The van der Waals surface area contributed by atoms with Gasteiger partial charge in [-0.15, -0.1) is 0 Å². The van der Waals surface area contributed by atoms with Gasteiger partial charge in [-0.05, 0) is 72.5 Å². The molecule has 0 spiro atoms. The lowest BCUT2D eigenvalue weighted by molar-refractivity contribution is -0.114. The Labute approximate surface area is 217 Å². The second-order valence-electron chi connectivity index (χ2n) is 8.12. The third kappa shape index (κ3) is 5.85. The number of carbonyl (C=O) groups excluding carboxylic acids is 1. The first-order valence-electron chi connectivity index (χ1n) is 11.5. The van der Waals surface area contributed by atoms with Crippen LogP contribution >= 0.6 is 27.7 Å². The zero-order chi connectivity index (χ0) is 24.9. The van der Waals surface area contributed by atoms with Gasteiger partial charge in [0.15, 0.2) is 5.84 Å². The average Bonchev–Trinajstić information content (AvgIpc) is 3.28. The van der Waals surface area contributed by atoms with E-state index >= 15 is 0 Å². The van der Waals surface area contributed by atoms with Crippen LogP contribution < -0.4 is 9.47 Å². The summed E-state index contributed by atoms with van der Waals surface area (Å²) < 4.78 is 12.6. The van der Waals surface area contributed by atoms with E-state index in [0.717, 1.165) is 21.7 Å². The fraction of sp³-hybridized carbons (Fsp3) is 0.308. The van der Waals surface area contributed by atoms with E-state index in [1.165, 1.54) is 22.3 Å². The monoisotopic (exact) mass is 554 g/mol. The van der Waals surface area contributed by atoms with Gasteiger partial charge in [-0.1, -0.05) is 48.8 Å². The molecule has 35 heavy (non-hydrogen) atoms. The average molecular weight is 555 g/mol. The summed E-state index contributed by atoms with van der Waals surface area (Å²) >= 11 is 4.80. The van der Waals surface area contributed by atoms with Crippen LogP contribution in [0.4, 0.5) is 0 Å². The maximum Gasteiger partial charge on any atom is 0.283 e. The smallest absolute Gasteiger partial charge is 0.283 e. The topological polar surface area (TPSA) is 87.3 Å². The predicted molar refractivity (Wildman–Crippen MR) is 146 cm³/mol. The lowest BCUT2D eigenvalue weighted by atomic mass is 9.99. The number of hydrogen-bond acceptors (Lipinski definition) is 6. The van der Waals surface area contributed by atoms with Gasteiger partial charge in [-0.25, -0.2) is 0 Å². The van der Waals surface area contributed by atoms with Crippen molar-refractivity contribution in [1.29, 1.82) is 5.41 Å². The SMILES string of the molecule is CCC1=NN2C(=N)/C(=C\c3cc(Br)ccc3OCCOc3ccc([C@H](C)CC)cc3)C(=O)N=C2S1. The minimum Gasteiger partial charge on any atom is -0.490 e. The molecule has 1 amide bonds. The molecule has 2 aromatic rings. The zero-order valence-corrected chi connectivity index (χ0v) is 22.3. The summed E-state index contributed by atoms with van der Waals surface area (Å²) in [4.78, 5) is 16.8. The van der Waals surface area contributed by atoms with Crippen molar-refractivity contribution >= 4 is 55.7 Å². The van der Waals surface area contributed by atoms with Gasteiger partial charge in [-0.2, -0.15) is 15.1 Å². The number of thioether (sulfide) groups is 1. The molecule has 0 aliphatic carbocycles. The van der Waals surface area contributed by atoms with Gasteiger partial charge in [0.1, 0.15) is 29.8 Å². The molecule has 7 nitrogen and oxygen atoms in total. The number of amidine groups is 2. The summed E-state index contributed by atoms with van der Waals surface area (Å²) in [6.07, 6.45) is 3.44. The summed E-state index contributed by atoms with van der Waals surface area (Å²) in [5, 5.41) is 15.6. The van der Waals surface area contributed by atoms with Crippen molar-refractivity contribution in [1.82, 2.24) is 5.01 Å².